The van der Waals surface area contributed by atoms with E-state index >= 15 is 0 Å². The van der Waals surface area contributed by atoms with Crippen LogP contribution in [0.4, 0.5) is 18.9 Å². The molecule has 0 aliphatic carbocycles. The molecule has 0 fully saturated rings. The highest BCUT2D eigenvalue weighted by Crippen LogP contribution is 2.17. The molecule has 1 aromatic rings. The number of rotatable bonds is 4. The van der Waals surface area contributed by atoms with Gasteiger partial charge < -0.3 is 10.5 Å². The topological polar surface area (TPSA) is 65.2 Å². The fraction of sp³-hybridized carbons (Fsp3) is 0.375. The molecule has 4 nitrogen and oxygen atoms in total. The average molecular weight is 254 g/mol. The van der Waals surface area contributed by atoms with Gasteiger partial charge in [0.2, 0.25) is 0 Å². The van der Waals surface area contributed by atoms with E-state index in [1.807, 2.05) is 0 Å². The first-order valence-corrected chi connectivity index (χ1v) is 5.44. The minimum Gasteiger partial charge on any atom is -0.396 e. The number of halogens is 3. The number of pyridine rings is 1. The first-order valence-electron chi connectivity index (χ1n) is 4.12. The highest BCUT2D eigenvalue weighted by Gasteiger charge is 2.27. The Kier molecular flexibility index (Phi) is 4.25. The van der Waals surface area contributed by atoms with Crippen molar-refractivity contribution in [3.8, 4) is 0 Å². The van der Waals surface area contributed by atoms with Gasteiger partial charge in [-0.3, -0.25) is 9.19 Å². The van der Waals surface area contributed by atoms with Crippen LogP contribution in [0.25, 0.3) is 0 Å². The summed E-state index contributed by atoms with van der Waals surface area (Å²) in [6.45, 7) is -1.43. The second-order valence-electron chi connectivity index (χ2n) is 2.84. The molecule has 2 N–H and O–H groups in total. The Morgan fingerprint density at radius 3 is 2.75 bits per heavy atom. The molecule has 0 bridgehead atoms. The van der Waals surface area contributed by atoms with Crippen LogP contribution in [0.3, 0.4) is 0 Å². The van der Waals surface area contributed by atoms with Crippen molar-refractivity contribution < 1.29 is 22.1 Å². The number of hydrogen-bond donors (Lipinski definition) is 1. The number of nitrogens with zero attached hydrogens (tertiary/aromatic N) is 1. The number of hydrogen-bond acceptors (Lipinski definition) is 4. The number of nitrogens with two attached hydrogens (primary N) is 1. The Hall–Kier alpha value is -1.15. The summed E-state index contributed by atoms with van der Waals surface area (Å²) in [4.78, 5) is 3.89. The zero-order valence-electron chi connectivity index (χ0n) is 8.03. The molecule has 0 spiro atoms. The maximum absolute atomic E-state index is 11.7. The Morgan fingerprint density at radius 1 is 1.50 bits per heavy atom. The summed E-state index contributed by atoms with van der Waals surface area (Å²) in [5.41, 5.74) is 5.61. The summed E-state index contributed by atoms with van der Waals surface area (Å²) in [6.07, 6.45) is -1.79. The minimum atomic E-state index is -4.42. The van der Waals surface area contributed by atoms with Crippen molar-refractivity contribution in [3.63, 3.8) is 0 Å². The maximum atomic E-state index is 11.7. The SMILES string of the molecule is Nc1cnccc1S(=O)COCC(F)(F)F. The van der Waals surface area contributed by atoms with Gasteiger partial charge in [-0.25, -0.2) is 0 Å². The van der Waals surface area contributed by atoms with Crippen LogP contribution in [0, 0.1) is 0 Å². The molecular weight excluding hydrogens is 245 g/mol. The Bertz CT molecular complexity index is 384. The first kappa shape index (κ1) is 12.9. The second-order valence-corrected chi connectivity index (χ2v) is 4.21. The van der Waals surface area contributed by atoms with Crippen LogP contribution < -0.4 is 5.73 Å². The molecule has 16 heavy (non-hydrogen) atoms. The van der Waals surface area contributed by atoms with Gasteiger partial charge in [0, 0.05) is 6.20 Å². The fourth-order valence-electron chi connectivity index (χ4n) is 0.898. The van der Waals surface area contributed by atoms with Crippen LogP contribution in [0.1, 0.15) is 0 Å². The van der Waals surface area contributed by atoms with E-state index in [-0.39, 0.29) is 10.6 Å². The zero-order chi connectivity index (χ0) is 12.2. The third-order valence-electron chi connectivity index (χ3n) is 1.51. The van der Waals surface area contributed by atoms with Crippen LogP contribution in [0.5, 0.6) is 0 Å². The molecule has 0 saturated heterocycles. The van der Waals surface area contributed by atoms with Gasteiger partial charge in [0.1, 0.15) is 12.5 Å². The van der Waals surface area contributed by atoms with E-state index in [2.05, 4.69) is 9.72 Å². The van der Waals surface area contributed by atoms with Gasteiger partial charge >= 0.3 is 6.18 Å². The molecule has 1 rings (SSSR count). The molecule has 0 radical (unpaired) electrons. The number of anilines is 1. The summed E-state index contributed by atoms with van der Waals surface area (Å²) in [7, 11) is -1.72. The van der Waals surface area contributed by atoms with E-state index < -0.39 is 29.5 Å². The average Bonchev–Trinajstić information content (AvgIpc) is 2.16. The molecule has 0 amide bonds. The quantitative estimate of drug-likeness (QED) is 0.879. The lowest BCUT2D eigenvalue weighted by atomic mass is 10.4. The molecule has 1 heterocycles. The van der Waals surface area contributed by atoms with E-state index in [9.17, 15) is 17.4 Å². The predicted molar refractivity (Wildman–Crippen MR) is 51.9 cm³/mol. The van der Waals surface area contributed by atoms with Crippen molar-refractivity contribution in [2.24, 2.45) is 0 Å². The molecule has 0 saturated carbocycles. The summed E-state index contributed by atoms with van der Waals surface area (Å²) in [5.74, 6) is -0.548. The lowest BCUT2D eigenvalue weighted by Crippen LogP contribution is -2.19. The van der Waals surface area contributed by atoms with Gasteiger partial charge in [0.05, 0.1) is 27.6 Å². The number of aromatic nitrogens is 1. The molecule has 1 aromatic heterocycles. The number of nitrogen functional groups attached to an aromatic ring is 1. The summed E-state index contributed by atoms with van der Waals surface area (Å²) >= 11 is 0. The van der Waals surface area contributed by atoms with Crippen LogP contribution in [0.15, 0.2) is 23.4 Å². The van der Waals surface area contributed by atoms with Gasteiger partial charge in [-0.05, 0) is 6.07 Å². The van der Waals surface area contributed by atoms with E-state index in [1.165, 1.54) is 18.5 Å². The van der Waals surface area contributed by atoms with Gasteiger partial charge in [-0.2, -0.15) is 13.2 Å². The lowest BCUT2D eigenvalue weighted by molar-refractivity contribution is -0.169. The van der Waals surface area contributed by atoms with Crippen LogP contribution in [0.2, 0.25) is 0 Å². The standard InChI is InChI=1S/C8H9F3N2O2S/c9-8(10,11)4-15-5-16(14)7-1-2-13-3-6(7)12/h1-3H,4-5,12H2. The van der Waals surface area contributed by atoms with Crippen molar-refractivity contribution in [3.05, 3.63) is 18.5 Å². The fourth-order valence-corrected chi connectivity index (χ4v) is 1.79. The van der Waals surface area contributed by atoms with E-state index in [4.69, 9.17) is 5.73 Å². The maximum Gasteiger partial charge on any atom is 0.411 e. The van der Waals surface area contributed by atoms with E-state index in [0.29, 0.717) is 0 Å². The van der Waals surface area contributed by atoms with Crippen molar-refractivity contribution in [1.29, 1.82) is 0 Å². The summed E-state index contributed by atoms with van der Waals surface area (Å²) in [5, 5.41) is 0. The van der Waals surface area contributed by atoms with Crippen LogP contribution in [-0.4, -0.2) is 27.9 Å². The van der Waals surface area contributed by atoms with E-state index in [0.717, 1.165) is 0 Å². The van der Waals surface area contributed by atoms with Crippen LogP contribution >= 0.6 is 0 Å². The van der Waals surface area contributed by atoms with E-state index in [1.54, 1.807) is 0 Å². The first-order chi connectivity index (χ1) is 7.40. The molecule has 0 aromatic carbocycles. The van der Waals surface area contributed by atoms with Gasteiger partial charge in [0.15, 0.2) is 0 Å². The monoisotopic (exact) mass is 254 g/mol. The Balaban J connectivity index is 2.51. The largest absolute Gasteiger partial charge is 0.411 e. The van der Waals surface area contributed by atoms with Crippen molar-refractivity contribution in [2.45, 2.75) is 11.1 Å². The zero-order valence-corrected chi connectivity index (χ0v) is 8.85. The third-order valence-corrected chi connectivity index (χ3v) is 2.75. The van der Waals surface area contributed by atoms with Crippen molar-refractivity contribution >= 4 is 16.5 Å². The highest BCUT2D eigenvalue weighted by molar-refractivity contribution is 7.85. The molecule has 0 aliphatic rings. The van der Waals surface area contributed by atoms with Crippen molar-refractivity contribution in [1.82, 2.24) is 4.98 Å². The lowest BCUT2D eigenvalue weighted by Gasteiger charge is -2.08. The van der Waals surface area contributed by atoms with Gasteiger partial charge in [-0.15, -0.1) is 0 Å². The Labute approximate surface area is 92.1 Å². The van der Waals surface area contributed by atoms with Gasteiger partial charge in [0.25, 0.3) is 0 Å². The predicted octanol–water partition coefficient (Wildman–Crippen LogP) is 1.31. The number of ether oxygens (including phenoxy) is 1. The smallest absolute Gasteiger partial charge is 0.396 e. The normalized spacial score (nSPS) is 13.7. The van der Waals surface area contributed by atoms with Crippen LogP contribution in [-0.2, 0) is 15.5 Å². The number of alkyl halides is 3. The molecule has 1 atom stereocenters. The Morgan fingerprint density at radius 2 is 2.19 bits per heavy atom. The summed E-state index contributed by atoms with van der Waals surface area (Å²) in [6, 6.07) is 1.38. The van der Waals surface area contributed by atoms with Crippen molar-refractivity contribution in [2.75, 3.05) is 18.3 Å². The van der Waals surface area contributed by atoms with Gasteiger partial charge in [-0.1, -0.05) is 0 Å². The molecular formula is C8H9F3N2O2S. The molecule has 0 aliphatic heterocycles. The molecule has 90 valence electrons. The highest BCUT2D eigenvalue weighted by atomic mass is 32.2. The molecule has 1 unspecified atom stereocenters. The molecule has 8 heteroatoms. The third kappa shape index (κ3) is 4.15. The second kappa shape index (κ2) is 5.26. The summed E-state index contributed by atoms with van der Waals surface area (Å²) < 4.78 is 50.9. The minimum absolute atomic E-state index is 0.163.